The molecule has 0 radical (unpaired) electrons. The van der Waals surface area contributed by atoms with E-state index >= 15 is 0 Å². The maximum absolute atomic E-state index is 12.5. The molecule has 0 saturated heterocycles. The standard InChI is InChI=1S/C20H21N3O2/c1-3-13-25-19-14-15(2)9-10-17(19)21-20(24)18-11-12-23(22-18)16-7-5-4-6-8-16/h4-12,14H,3,13H2,1-2H3,(H,21,24). The molecule has 2 aromatic carbocycles. The molecule has 3 aromatic rings. The van der Waals surface area contributed by atoms with Gasteiger partial charge in [0.05, 0.1) is 18.0 Å². The number of carbonyl (C=O) groups excluding carboxylic acids is 1. The van der Waals surface area contributed by atoms with Crippen molar-refractivity contribution in [3.63, 3.8) is 0 Å². The Labute approximate surface area is 147 Å². The average Bonchev–Trinajstić information content (AvgIpc) is 3.13. The highest BCUT2D eigenvalue weighted by molar-refractivity contribution is 6.03. The van der Waals surface area contributed by atoms with Gasteiger partial charge in [-0.2, -0.15) is 5.10 Å². The summed E-state index contributed by atoms with van der Waals surface area (Å²) in [6.45, 7) is 4.64. The number of nitrogens with one attached hydrogen (secondary N) is 1. The molecule has 0 spiro atoms. The van der Waals surface area contributed by atoms with Gasteiger partial charge in [0.2, 0.25) is 0 Å². The van der Waals surface area contributed by atoms with E-state index in [4.69, 9.17) is 4.74 Å². The van der Waals surface area contributed by atoms with E-state index in [0.29, 0.717) is 23.7 Å². The molecule has 1 aromatic heterocycles. The van der Waals surface area contributed by atoms with Gasteiger partial charge in [-0.3, -0.25) is 4.79 Å². The Morgan fingerprint density at radius 1 is 1.16 bits per heavy atom. The number of amides is 1. The third kappa shape index (κ3) is 4.07. The molecule has 0 saturated carbocycles. The second-order valence-electron chi connectivity index (χ2n) is 5.78. The average molecular weight is 335 g/mol. The Morgan fingerprint density at radius 2 is 1.96 bits per heavy atom. The topological polar surface area (TPSA) is 56.1 Å². The lowest BCUT2D eigenvalue weighted by atomic mass is 10.2. The number of benzene rings is 2. The van der Waals surface area contributed by atoms with E-state index in [9.17, 15) is 4.79 Å². The van der Waals surface area contributed by atoms with Gasteiger partial charge in [0, 0.05) is 6.20 Å². The molecule has 0 aliphatic heterocycles. The van der Waals surface area contributed by atoms with Crippen molar-refractivity contribution in [2.45, 2.75) is 20.3 Å². The maximum atomic E-state index is 12.5. The summed E-state index contributed by atoms with van der Waals surface area (Å²) in [4.78, 5) is 12.5. The minimum absolute atomic E-state index is 0.264. The van der Waals surface area contributed by atoms with Crippen LogP contribution < -0.4 is 10.1 Å². The van der Waals surface area contributed by atoms with Crippen LogP contribution in [0.3, 0.4) is 0 Å². The molecule has 1 amide bonds. The number of hydrogen-bond acceptors (Lipinski definition) is 3. The minimum atomic E-state index is -0.264. The maximum Gasteiger partial charge on any atom is 0.276 e. The van der Waals surface area contributed by atoms with Crippen molar-refractivity contribution in [3.05, 3.63) is 72.1 Å². The lowest BCUT2D eigenvalue weighted by molar-refractivity contribution is 0.102. The van der Waals surface area contributed by atoms with E-state index in [1.165, 1.54) is 0 Å². The number of aryl methyl sites for hydroxylation is 1. The molecular weight excluding hydrogens is 314 g/mol. The van der Waals surface area contributed by atoms with E-state index in [1.807, 2.05) is 62.4 Å². The number of ether oxygens (including phenoxy) is 1. The molecule has 128 valence electrons. The molecule has 0 unspecified atom stereocenters. The highest BCUT2D eigenvalue weighted by Gasteiger charge is 2.13. The van der Waals surface area contributed by atoms with Crippen LogP contribution in [0.4, 0.5) is 5.69 Å². The Morgan fingerprint density at radius 3 is 2.72 bits per heavy atom. The first-order valence-corrected chi connectivity index (χ1v) is 8.33. The molecule has 0 bridgehead atoms. The highest BCUT2D eigenvalue weighted by atomic mass is 16.5. The van der Waals surface area contributed by atoms with E-state index < -0.39 is 0 Å². The summed E-state index contributed by atoms with van der Waals surface area (Å²) >= 11 is 0. The quantitative estimate of drug-likeness (QED) is 0.734. The number of aromatic nitrogens is 2. The third-order valence-corrected chi connectivity index (χ3v) is 3.69. The van der Waals surface area contributed by atoms with Crippen LogP contribution in [-0.2, 0) is 0 Å². The van der Waals surface area contributed by atoms with E-state index in [0.717, 1.165) is 17.7 Å². The monoisotopic (exact) mass is 335 g/mol. The van der Waals surface area contributed by atoms with Crippen LogP contribution in [0.2, 0.25) is 0 Å². The van der Waals surface area contributed by atoms with Crippen molar-refractivity contribution in [3.8, 4) is 11.4 Å². The van der Waals surface area contributed by atoms with Gasteiger partial charge in [-0.15, -0.1) is 0 Å². The Balaban J connectivity index is 1.78. The zero-order valence-electron chi connectivity index (χ0n) is 14.4. The molecule has 0 aliphatic rings. The summed E-state index contributed by atoms with van der Waals surface area (Å²) in [6.07, 6.45) is 2.68. The molecular formula is C20H21N3O2. The summed E-state index contributed by atoms with van der Waals surface area (Å²) in [5.41, 5.74) is 2.99. The van der Waals surface area contributed by atoms with Crippen molar-refractivity contribution >= 4 is 11.6 Å². The lowest BCUT2D eigenvalue weighted by Crippen LogP contribution is -2.14. The van der Waals surface area contributed by atoms with Crippen LogP contribution in [0, 0.1) is 6.92 Å². The van der Waals surface area contributed by atoms with Crippen molar-refractivity contribution in [2.24, 2.45) is 0 Å². The molecule has 5 heteroatoms. The van der Waals surface area contributed by atoms with E-state index in [-0.39, 0.29) is 5.91 Å². The number of anilines is 1. The summed E-state index contributed by atoms with van der Waals surface area (Å²) in [5.74, 6) is 0.414. The Kier molecular flexibility index (Phi) is 5.14. The first-order valence-electron chi connectivity index (χ1n) is 8.33. The summed E-state index contributed by atoms with van der Waals surface area (Å²) in [5, 5.41) is 7.24. The first kappa shape index (κ1) is 16.8. The molecule has 3 rings (SSSR count). The first-order chi connectivity index (χ1) is 12.2. The van der Waals surface area contributed by atoms with E-state index in [2.05, 4.69) is 10.4 Å². The summed E-state index contributed by atoms with van der Waals surface area (Å²) in [7, 11) is 0. The molecule has 5 nitrogen and oxygen atoms in total. The smallest absolute Gasteiger partial charge is 0.276 e. The molecule has 0 fully saturated rings. The van der Waals surface area contributed by atoms with Crippen molar-refractivity contribution in [1.82, 2.24) is 9.78 Å². The SMILES string of the molecule is CCCOc1cc(C)ccc1NC(=O)c1ccn(-c2ccccc2)n1. The minimum Gasteiger partial charge on any atom is -0.491 e. The van der Waals surface area contributed by atoms with Gasteiger partial charge in [-0.1, -0.05) is 31.2 Å². The van der Waals surface area contributed by atoms with Gasteiger partial charge in [0.25, 0.3) is 5.91 Å². The number of carbonyl (C=O) groups is 1. The van der Waals surface area contributed by atoms with Crippen LogP contribution in [0.25, 0.3) is 5.69 Å². The van der Waals surface area contributed by atoms with E-state index in [1.54, 1.807) is 16.9 Å². The van der Waals surface area contributed by atoms with Gasteiger partial charge < -0.3 is 10.1 Å². The van der Waals surface area contributed by atoms with Gasteiger partial charge in [-0.05, 0) is 49.2 Å². The zero-order chi connectivity index (χ0) is 17.6. The Bertz CT molecular complexity index is 856. The van der Waals surface area contributed by atoms with Gasteiger partial charge in [0.15, 0.2) is 5.69 Å². The summed E-state index contributed by atoms with van der Waals surface area (Å²) in [6, 6.07) is 17.1. The van der Waals surface area contributed by atoms with Crippen LogP contribution >= 0.6 is 0 Å². The fraction of sp³-hybridized carbons (Fsp3) is 0.200. The second kappa shape index (κ2) is 7.66. The fourth-order valence-corrected chi connectivity index (χ4v) is 2.42. The van der Waals surface area contributed by atoms with Gasteiger partial charge >= 0.3 is 0 Å². The fourth-order valence-electron chi connectivity index (χ4n) is 2.42. The van der Waals surface area contributed by atoms with Crippen molar-refractivity contribution < 1.29 is 9.53 Å². The van der Waals surface area contributed by atoms with Crippen LogP contribution in [0.1, 0.15) is 29.4 Å². The number of nitrogens with zero attached hydrogens (tertiary/aromatic N) is 2. The predicted molar refractivity (Wildman–Crippen MR) is 98.5 cm³/mol. The van der Waals surface area contributed by atoms with Crippen LogP contribution in [0.15, 0.2) is 60.8 Å². The molecule has 1 heterocycles. The zero-order valence-corrected chi connectivity index (χ0v) is 14.4. The van der Waals surface area contributed by atoms with Crippen LogP contribution in [0.5, 0.6) is 5.75 Å². The molecule has 25 heavy (non-hydrogen) atoms. The van der Waals surface area contributed by atoms with Gasteiger partial charge in [-0.25, -0.2) is 4.68 Å². The molecule has 0 atom stereocenters. The predicted octanol–water partition coefficient (Wildman–Crippen LogP) is 4.22. The normalized spacial score (nSPS) is 10.5. The van der Waals surface area contributed by atoms with Crippen molar-refractivity contribution in [1.29, 1.82) is 0 Å². The lowest BCUT2D eigenvalue weighted by Gasteiger charge is -2.12. The van der Waals surface area contributed by atoms with Crippen LogP contribution in [-0.4, -0.2) is 22.3 Å². The Hall–Kier alpha value is -3.08. The summed E-state index contributed by atoms with van der Waals surface area (Å²) < 4.78 is 7.42. The van der Waals surface area contributed by atoms with Gasteiger partial charge in [0.1, 0.15) is 5.75 Å². The third-order valence-electron chi connectivity index (χ3n) is 3.69. The largest absolute Gasteiger partial charge is 0.491 e. The second-order valence-corrected chi connectivity index (χ2v) is 5.78. The van der Waals surface area contributed by atoms with Crippen molar-refractivity contribution in [2.75, 3.05) is 11.9 Å². The molecule has 1 N–H and O–H groups in total. The highest BCUT2D eigenvalue weighted by Crippen LogP contribution is 2.26. The number of hydrogen-bond donors (Lipinski definition) is 1. The number of rotatable bonds is 6. The molecule has 0 aliphatic carbocycles. The number of para-hydroxylation sites is 1.